The molecule has 0 fully saturated rings. The van der Waals surface area contributed by atoms with Crippen LogP contribution in [-0.2, 0) is 0 Å². The van der Waals surface area contributed by atoms with Gasteiger partial charge in [-0.15, -0.1) is 0 Å². The highest BCUT2D eigenvalue weighted by atomic mass is 127. The standard InChI is InChI=1S/C10H11IO2/c1-2-9(11)7-4-3-5-8(6-7)10(12)13/h3-6,9H,2H2,1H3,(H,12,13). The van der Waals surface area contributed by atoms with Crippen molar-refractivity contribution in [1.82, 2.24) is 0 Å². The molecule has 70 valence electrons. The molecule has 1 aromatic rings. The lowest BCUT2D eigenvalue weighted by Gasteiger charge is -2.07. The third-order valence-electron chi connectivity index (χ3n) is 1.85. The zero-order valence-corrected chi connectivity index (χ0v) is 9.48. The van der Waals surface area contributed by atoms with Gasteiger partial charge in [0, 0.05) is 3.92 Å². The first-order valence-corrected chi connectivity index (χ1v) is 5.37. The Bertz CT molecular complexity index is 310. The van der Waals surface area contributed by atoms with Gasteiger partial charge in [0.25, 0.3) is 0 Å². The third kappa shape index (κ3) is 2.69. The average Bonchev–Trinajstić information content (AvgIpc) is 2.17. The van der Waals surface area contributed by atoms with Gasteiger partial charge in [-0.05, 0) is 24.1 Å². The minimum absolute atomic E-state index is 0.368. The molecule has 0 saturated carbocycles. The smallest absolute Gasteiger partial charge is 0.335 e. The second-order valence-electron chi connectivity index (χ2n) is 2.81. The maximum atomic E-state index is 10.7. The summed E-state index contributed by atoms with van der Waals surface area (Å²) < 4.78 is 0.400. The number of benzene rings is 1. The Labute approximate surface area is 91.1 Å². The van der Waals surface area contributed by atoms with Crippen LogP contribution in [0.1, 0.15) is 33.2 Å². The molecule has 3 heteroatoms. The van der Waals surface area contributed by atoms with Crippen LogP contribution in [0.25, 0.3) is 0 Å². The Morgan fingerprint density at radius 3 is 2.85 bits per heavy atom. The highest BCUT2D eigenvalue weighted by Gasteiger charge is 2.07. The first-order chi connectivity index (χ1) is 6.15. The van der Waals surface area contributed by atoms with Crippen LogP contribution in [0.5, 0.6) is 0 Å². The minimum Gasteiger partial charge on any atom is -0.478 e. The van der Waals surface area contributed by atoms with Gasteiger partial charge in [0.1, 0.15) is 0 Å². The Hall–Kier alpha value is -0.580. The number of hydrogen-bond donors (Lipinski definition) is 1. The molecule has 0 aromatic heterocycles. The van der Waals surface area contributed by atoms with Crippen LogP contribution in [0.3, 0.4) is 0 Å². The van der Waals surface area contributed by atoms with E-state index in [0.29, 0.717) is 9.49 Å². The van der Waals surface area contributed by atoms with E-state index in [0.717, 1.165) is 12.0 Å². The maximum absolute atomic E-state index is 10.7. The highest BCUT2D eigenvalue weighted by molar-refractivity contribution is 14.1. The lowest BCUT2D eigenvalue weighted by molar-refractivity contribution is 0.0697. The maximum Gasteiger partial charge on any atom is 0.335 e. The monoisotopic (exact) mass is 290 g/mol. The summed E-state index contributed by atoms with van der Waals surface area (Å²) in [6, 6.07) is 7.11. The van der Waals surface area contributed by atoms with E-state index in [1.165, 1.54) is 0 Å². The number of carbonyl (C=O) groups is 1. The molecule has 0 aliphatic heterocycles. The number of carboxylic acids is 1. The summed E-state index contributed by atoms with van der Waals surface area (Å²) >= 11 is 2.32. The summed E-state index contributed by atoms with van der Waals surface area (Å²) in [5, 5.41) is 8.76. The molecular formula is C10H11IO2. The molecule has 0 heterocycles. The Kier molecular flexibility index (Phi) is 3.71. The van der Waals surface area contributed by atoms with Crippen molar-refractivity contribution in [2.24, 2.45) is 0 Å². The number of carboxylic acid groups (broad SMARTS) is 1. The van der Waals surface area contributed by atoms with E-state index in [9.17, 15) is 4.79 Å². The SMILES string of the molecule is CCC(I)c1cccc(C(=O)O)c1. The van der Waals surface area contributed by atoms with E-state index < -0.39 is 5.97 Å². The van der Waals surface area contributed by atoms with Gasteiger partial charge in [0.05, 0.1) is 5.56 Å². The van der Waals surface area contributed by atoms with Crippen molar-refractivity contribution in [2.75, 3.05) is 0 Å². The number of halogens is 1. The fraction of sp³-hybridized carbons (Fsp3) is 0.300. The van der Waals surface area contributed by atoms with E-state index >= 15 is 0 Å². The molecule has 0 aliphatic rings. The quantitative estimate of drug-likeness (QED) is 0.685. The van der Waals surface area contributed by atoms with Crippen LogP contribution < -0.4 is 0 Å². The van der Waals surface area contributed by atoms with Gasteiger partial charge < -0.3 is 5.11 Å². The third-order valence-corrected chi connectivity index (χ3v) is 3.45. The second-order valence-corrected chi connectivity index (χ2v) is 4.31. The summed E-state index contributed by atoms with van der Waals surface area (Å²) in [5.41, 5.74) is 1.45. The van der Waals surface area contributed by atoms with E-state index in [1.54, 1.807) is 18.2 Å². The van der Waals surface area contributed by atoms with E-state index in [2.05, 4.69) is 29.5 Å². The molecular weight excluding hydrogens is 279 g/mol. The van der Waals surface area contributed by atoms with Crippen LogP contribution in [0.4, 0.5) is 0 Å². The van der Waals surface area contributed by atoms with Crippen LogP contribution in [-0.4, -0.2) is 11.1 Å². The van der Waals surface area contributed by atoms with Crippen LogP contribution in [0.2, 0.25) is 0 Å². The van der Waals surface area contributed by atoms with Crippen molar-refractivity contribution >= 4 is 28.6 Å². The molecule has 0 spiro atoms. The Balaban J connectivity index is 2.98. The summed E-state index contributed by atoms with van der Waals surface area (Å²) in [6.45, 7) is 2.09. The van der Waals surface area contributed by atoms with Gasteiger partial charge >= 0.3 is 5.97 Å². The first-order valence-electron chi connectivity index (χ1n) is 4.12. The minimum atomic E-state index is -0.860. The zero-order valence-electron chi connectivity index (χ0n) is 7.33. The molecule has 0 radical (unpaired) electrons. The molecule has 1 aromatic carbocycles. The Morgan fingerprint density at radius 1 is 1.62 bits per heavy atom. The number of alkyl halides is 1. The zero-order chi connectivity index (χ0) is 9.84. The summed E-state index contributed by atoms with van der Waals surface area (Å²) in [6.07, 6.45) is 1.02. The Morgan fingerprint density at radius 2 is 2.31 bits per heavy atom. The van der Waals surface area contributed by atoms with Gasteiger partial charge in [0.15, 0.2) is 0 Å². The first kappa shape index (κ1) is 10.5. The average molecular weight is 290 g/mol. The molecule has 0 amide bonds. The van der Waals surface area contributed by atoms with E-state index in [4.69, 9.17) is 5.11 Å². The molecule has 2 nitrogen and oxygen atoms in total. The fourth-order valence-electron chi connectivity index (χ4n) is 1.10. The number of aromatic carboxylic acids is 1. The van der Waals surface area contributed by atoms with E-state index in [1.807, 2.05) is 6.07 Å². The van der Waals surface area contributed by atoms with Crippen LogP contribution in [0, 0.1) is 0 Å². The van der Waals surface area contributed by atoms with E-state index in [-0.39, 0.29) is 0 Å². The predicted molar refractivity (Wildman–Crippen MR) is 60.5 cm³/mol. The molecule has 1 atom stereocenters. The molecule has 1 N–H and O–H groups in total. The van der Waals surface area contributed by atoms with Crippen LogP contribution >= 0.6 is 22.6 Å². The topological polar surface area (TPSA) is 37.3 Å². The van der Waals surface area contributed by atoms with Crippen molar-refractivity contribution in [3.63, 3.8) is 0 Å². The van der Waals surface area contributed by atoms with Gasteiger partial charge in [-0.3, -0.25) is 0 Å². The molecule has 0 bridgehead atoms. The van der Waals surface area contributed by atoms with Crippen LogP contribution in [0.15, 0.2) is 24.3 Å². The normalized spacial score (nSPS) is 12.5. The molecule has 1 unspecified atom stereocenters. The predicted octanol–water partition coefficient (Wildman–Crippen LogP) is 3.27. The van der Waals surface area contributed by atoms with Gasteiger partial charge in [-0.1, -0.05) is 41.6 Å². The van der Waals surface area contributed by atoms with Crippen molar-refractivity contribution in [3.8, 4) is 0 Å². The van der Waals surface area contributed by atoms with Crippen molar-refractivity contribution < 1.29 is 9.90 Å². The molecule has 1 rings (SSSR count). The number of rotatable bonds is 3. The largest absolute Gasteiger partial charge is 0.478 e. The molecule has 13 heavy (non-hydrogen) atoms. The summed E-state index contributed by atoms with van der Waals surface area (Å²) in [7, 11) is 0. The van der Waals surface area contributed by atoms with Crippen molar-refractivity contribution in [1.29, 1.82) is 0 Å². The summed E-state index contributed by atoms with van der Waals surface area (Å²) in [4.78, 5) is 10.7. The van der Waals surface area contributed by atoms with Gasteiger partial charge in [-0.25, -0.2) is 4.79 Å². The number of hydrogen-bond acceptors (Lipinski definition) is 1. The van der Waals surface area contributed by atoms with Gasteiger partial charge in [-0.2, -0.15) is 0 Å². The lowest BCUT2D eigenvalue weighted by atomic mass is 10.1. The fourth-order valence-corrected chi connectivity index (χ4v) is 1.49. The second kappa shape index (κ2) is 4.60. The lowest BCUT2D eigenvalue weighted by Crippen LogP contribution is -1.97. The molecule has 0 aliphatic carbocycles. The highest BCUT2D eigenvalue weighted by Crippen LogP contribution is 2.26. The van der Waals surface area contributed by atoms with Gasteiger partial charge in [0.2, 0.25) is 0 Å². The molecule has 0 saturated heterocycles. The summed E-state index contributed by atoms with van der Waals surface area (Å²) in [5.74, 6) is -0.860. The van der Waals surface area contributed by atoms with Crippen molar-refractivity contribution in [2.45, 2.75) is 17.3 Å². The van der Waals surface area contributed by atoms with Crippen molar-refractivity contribution in [3.05, 3.63) is 35.4 Å².